The van der Waals surface area contributed by atoms with E-state index in [-0.39, 0.29) is 0 Å². The van der Waals surface area contributed by atoms with Gasteiger partial charge in [-0.3, -0.25) is 14.7 Å². The highest BCUT2D eigenvalue weighted by Crippen LogP contribution is 2.16. The Kier molecular flexibility index (Phi) is 30.4. The molecular weight excluding hydrogens is 564 g/mol. The number of carbonyl (C=O) groups excluding carboxylic acids is 3. The summed E-state index contributed by atoms with van der Waals surface area (Å²) >= 11 is 0. The van der Waals surface area contributed by atoms with Crippen molar-refractivity contribution in [2.75, 3.05) is 59.3 Å². The van der Waals surface area contributed by atoms with E-state index in [0.717, 1.165) is 39.3 Å². The van der Waals surface area contributed by atoms with Crippen LogP contribution >= 0.6 is 0 Å². The molecule has 0 bridgehead atoms. The summed E-state index contributed by atoms with van der Waals surface area (Å²) in [6.45, 7) is 8.85. The Morgan fingerprint density at radius 1 is 0.311 bits per heavy atom. The molecule has 0 N–H and O–H groups in total. The molecule has 1 fully saturated rings. The number of rotatable bonds is 33. The van der Waals surface area contributed by atoms with Crippen LogP contribution in [0.1, 0.15) is 154 Å². The molecular formula is C36H66N6O3. The van der Waals surface area contributed by atoms with E-state index in [0.29, 0.717) is 19.6 Å². The first-order chi connectivity index (χ1) is 22.3. The van der Waals surface area contributed by atoms with Crippen molar-refractivity contribution < 1.29 is 14.4 Å². The number of hydrogen-bond acceptors (Lipinski definition) is 9. The van der Waals surface area contributed by atoms with Crippen LogP contribution in [0.25, 0.3) is 0 Å². The molecule has 1 saturated heterocycles. The quantitative estimate of drug-likeness (QED) is 0.0412. The summed E-state index contributed by atoms with van der Waals surface area (Å²) in [4.78, 5) is 49.3. The molecule has 1 rings (SSSR count). The normalized spacial score (nSPS) is 14.1. The first-order valence-corrected chi connectivity index (χ1v) is 18.6. The summed E-state index contributed by atoms with van der Waals surface area (Å²) < 4.78 is 0. The largest absolute Gasteiger partial charge is 0.277 e. The van der Waals surface area contributed by atoms with Gasteiger partial charge in [0.15, 0.2) is 0 Å². The topological polar surface area (TPSA) is 98.0 Å². The average molecular weight is 631 g/mol. The van der Waals surface area contributed by atoms with Crippen LogP contribution in [0.5, 0.6) is 0 Å². The molecule has 0 aromatic rings. The second kappa shape index (κ2) is 33.4. The summed E-state index contributed by atoms with van der Waals surface area (Å²) in [7, 11) is 0. The van der Waals surface area contributed by atoms with Gasteiger partial charge in [0.1, 0.15) is 0 Å². The van der Waals surface area contributed by atoms with Crippen LogP contribution in [0.3, 0.4) is 0 Å². The maximum atomic E-state index is 10.1. The van der Waals surface area contributed by atoms with Crippen LogP contribution in [0.4, 0.5) is 0 Å². The van der Waals surface area contributed by atoms with Crippen molar-refractivity contribution in [3.05, 3.63) is 0 Å². The molecule has 0 aromatic carbocycles. The van der Waals surface area contributed by atoms with Crippen LogP contribution in [-0.4, -0.2) is 92.2 Å². The summed E-state index contributed by atoms with van der Waals surface area (Å²) in [5.74, 6) is 0. The molecule has 0 saturated carbocycles. The zero-order valence-electron chi connectivity index (χ0n) is 28.7. The van der Waals surface area contributed by atoms with E-state index in [4.69, 9.17) is 0 Å². The van der Waals surface area contributed by atoms with Crippen LogP contribution in [-0.2, 0) is 14.4 Å². The minimum Gasteiger partial charge on any atom is -0.277 e. The van der Waals surface area contributed by atoms with E-state index in [9.17, 15) is 14.4 Å². The minimum atomic E-state index is 0.635. The Balaban J connectivity index is 2.25. The maximum absolute atomic E-state index is 10.1. The molecule has 0 spiro atoms. The molecule has 0 atom stereocenters. The number of isocyanates is 3. The van der Waals surface area contributed by atoms with Crippen molar-refractivity contribution in [3.63, 3.8) is 0 Å². The molecule has 0 amide bonds. The van der Waals surface area contributed by atoms with Crippen molar-refractivity contribution in [3.8, 4) is 0 Å². The SMILES string of the molecule is O=C=NCCCCCCCCCCN1CN(CCCCCCCCCCN=C=O)CN(CCCCCCCCCCN=C=O)C1. The van der Waals surface area contributed by atoms with E-state index in [2.05, 4.69) is 29.7 Å². The highest BCUT2D eigenvalue weighted by molar-refractivity contribution is 5.33. The van der Waals surface area contributed by atoms with Gasteiger partial charge in [-0.25, -0.2) is 29.4 Å². The fourth-order valence-electron chi connectivity index (χ4n) is 6.30. The molecule has 0 radical (unpaired) electrons. The molecule has 9 nitrogen and oxygen atoms in total. The number of nitrogens with zero attached hydrogens (tertiary/aromatic N) is 6. The Bertz CT molecular complexity index is 698. The Hall–Kier alpha value is -1.98. The predicted molar refractivity (Wildman–Crippen MR) is 184 cm³/mol. The smallest absolute Gasteiger partial charge is 0.234 e. The van der Waals surface area contributed by atoms with Gasteiger partial charge in [-0.15, -0.1) is 0 Å². The maximum Gasteiger partial charge on any atom is 0.234 e. The number of hydrogen-bond donors (Lipinski definition) is 0. The van der Waals surface area contributed by atoms with Gasteiger partial charge in [0, 0.05) is 19.6 Å². The first-order valence-electron chi connectivity index (χ1n) is 18.6. The lowest BCUT2D eigenvalue weighted by atomic mass is 10.1. The first kappa shape index (κ1) is 41.0. The van der Waals surface area contributed by atoms with Crippen LogP contribution in [0, 0.1) is 0 Å². The van der Waals surface area contributed by atoms with Gasteiger partial charge in [0.05, 0.1) is 39.6 Å². The molecule has 0 unspecified atom stereocenters. The minimum absolute atomic E-state index is 0.635. The van der Waals surface area contributed by atoms with E-state index in [1.165, 1.54) is 154 Å². The van der Waals surface area contributed by atoms with Crippen LogP contribution < -0.4 is 0 Å². The second-order valence-corrected chi connectivity index (χ2v) is 13.0. The van der Waals surface area contributed by atoms with Crippen LogP contribution in [0.15, 0.2) is 15.0 Å². The second-order valence-electron chi connectivity index (χ2n) is 13.0. The third kappa shape index (κ3) is 28.0. The lowest BCUT2D eigenvalue weighted by molar-refractivity contribution is -0.0312. The van der Waals surface area contributed by atoms with Gasteiger partial charge in [0.2, 0.25) is 18.2 Å². The van der Waals surface area contributed by atoms with E-state index in [1.54, 1.807) is 18.2 Å². The van der Waals surface area contributed by atoms with Crippen molar-refractivity contribution in [2.24, 2.45) is 15.0 Å². The van der Waals surface area contributed by atoms with Gasteiger partial charge in [-0.05, 0) is 38.5 Å². The molecule has 1 heterocycles. The summed E-state index contributed by atoms with van der Waals surface area (Å²) in [5.41, 5.74) is 0. The van der Waals surface area contributed by atoms with E-state index >= 15 is 0 Å². The average Bonchev–Trinajstić information content (AvgIpc) is 3.05. The molecule has 1 aliphatic rings. The monoisotopic (exact) mass is 631 g/mol. The molecule has 258 valence electrons. The Morgan fingerprint density at radius 3 is 0.733 bits per heavy atom. The van der Waals surface area contributed by atoms with Gasteiger partial charge in [0.25, 0.3) is 0 Å². The van der Waals surface area contributed by atoms with Crippen molar-refractivity contribution in [1.29, 1.82) is 0 Å². The fourth-order valence-corrected chi connectivity index (χ4v) is 6.30. The Labute approximate surface area is 275 Å². The lowest BCUT2D eigenvalue weighted by Gasteiger charge is -2.42. The van der Waals surface area contributed by atoms with Gasteiger partial charge >= 0.3 is 0 Å². The number of unbranched alkanes of at least 4 members (excludes halogenated alkanes) is 21. The molecule has 1 aliphatic heterocycles. The van der Waals surface area contributed by atoms with Crippen molar-refractivity contribution in [1.82, 2.24) is 14.7 Å². The van der Waals surface area contributed by atoms with Gasteiger partial charge < -0.3 is 0 Å². The zero-order chi connectivity index (χ0) is 32.3. The fraction of sp³-hybridized carbons (Fsp3) is 0.917. The van der Waals surface area contributed by atoms with Gasteiger partial charge in [-0.1, -0.05) is 116 Å². The van der Waals surface area contributed by atoms with E-state index < -0.39 is 0 Å². The van der Waals surface area contributed by atoms with E-state index in [1.807, 2.05) is 0 Å². The molecule has 9 heteroatoms. The van der Waals surface area contributed by atoms with Crippen molar-refractivity contribution in [2.45, 2.75) is 154 Å². The summed E-state index contributed by atoms with van der Waals surface area (Å²) in [6.07, 6.45) is 34.8. The summed E-state index contributed by atoms with van der Waals surface area (Å²) in [5, 5.41) is 0. The lowest BCUT2D eigenvalue weighted by Crippen LogP contribution is -2.55. The van der Waals surface area contributed by atoms with Gasteiger partial charge in [-0.2, -0.15) is 0 Å². The molecule has 45 heavy (non-hydrogen) atoms. The van der Waals surface area contributed by atoms with Crippen molar-refractivity contribution >= 4 is 18.2 Å². The molecule has 0 aliphatic carbocycles. The third-order valence-corrected chi connectivity index (χ3v) is 8.88. The zero-order valence-corrected chi connectivity index (χ0v) is 28.7. The predicted octanol–water partition coefficient (Wildman–Crippen LogP) is 8.15. The highest BCUT2D eigenvalue weighted by atomic mass is 16.1. The number of aliphatic imine (C=N–C) groups is 3. The third-order valence-electron chi connectivity index (χ3n) is 8.88. The summed E-state index contributed by atoms with van der Waals surface area (Å²) in [6, 6.07) is 0. The highest BCUT2D eigenvalue weighted by Gasteiger charge is 2.22. The standard InChI is InChI=1S/C36H66N6O3/c43-31-37-25-19-13-7-1-4-10-16-22-28-40-34-41(29-23-17-11-5-2-8-14-20-26-38-32-44)36-42(35-40)30-24-18-12-6-3-9-15-21-27-39-33-45/h1-30,34-36H2. The van der Waals surface area contributed by atoms with Crippen LogP contribution in [0.2, 0.25) is 0 Å². The Morgan fingerprint density at radius 2 is 0.511 bits per heavy atom. The molecule has 0 aromatic heterocycles.